The van der Waals surface area contributed by atoms with Crippen molar-refractivity contribution in [1.82, 2.24) is 14.5 Å². The molecule has 0 atom stereocenters. The van der Waals surface area contributed by atoms with Gasteiger partial charge in [0, 0.05) is 33.5 Å². The Labute approximate surface area is 227 Å². The summed E-state index contributed by atoms with van der Waals surface area (Å²) in [6, 6.07) is 22.6. The molecule has 3 aromatic carbocycles. The van der Waals surface area contributed by atoms with E-state index in [4.69, 9.17) is 14.7 Å². The number of phenolic OH excluding ortho intramolecular Hbond substituents is 1. The van der Waals surface area contributed by atoms with Crippen molar-refractivity contribution < 1.29 is 9.84 Å². The van der Waals surface area contributed by atoms with Gasteiger partial charge in [-0.3, -0.25) is 4.57 Å². The van der Waals surface area contributed by atoms with Crippen molar-refractivity contribution in [2.75, 3.05) is 0 Å². The number of fused-ring (bicyclic) bond motifs is 4. The van der Waals surface area contributed by atoms with Crippen molar-refractivity contribution in [3.05, 3.63) is 94.7 Å². The predicted octanol–water partition coefficient (Wildman–Crippen LogP) is 8.73. The first kappa shape index (κ1) is 23.7. The van der Waals surface area contributed by atoms with Crippen LogP contribution in [-0.4, -0.2) is 19.6 Å². The first-order valence-electron chi connectivity index (χ1n) is 13.7. The second-order valence-corrected chi connectivity index (χ2v) is 11.0. The average molecular weight is 514 g/mol. The van der Waals surface area contributed by atoms with Gasteiger partial charge in [0.1, 0.15) is 22.8 Å². The number of pyridine rings is 2. The Morgan fingerprint density at radius 1 is 0.846 bits per heavy atom. The number of phenols is 1. The van der Waals surface area contributed by atoms with Crippen LogP contribution in [0.1, 0.15) is 53.1 Å². The number of benzene rings is 3. The third-order valence-corrected chi connectivity index (χ3v) is 8.29. The largest absolute Gasteiger partial charge is 0.506 e. The van der Waals surface area contributed by atoms with E-state index < -0.39 is 0 Å². The lowest BCUT2D eigenvalue weighted by Gasteiger charge is -2.27. The summed E-state index contributed by atoms with van der Waals surface area (Å²) in [4.78, 5) is 9.82. The summed E-state index contributed by atoms with van der Waals surface area (Å²) in [5.74, 6) is 2.83. The zero-order valence-electron chi connectivity index (χ0n) is 22.7. The number of aromatic nitrogens is 3. The summed E-state index contributed by atoms with van der Waals surface area (Å²) in [5.41, 5.74) is 8.44. The number of nitrogens with zero attached hydrogens (tertiary/aromatic N) is 3. The van der Waals surface area contributed by atoms with Crippen LogP contribution in [0, 0.1) is 27.7 Å². The standard InChI is InChI=1S/C34H31N3O2/c1-19-11-12-20(2)32-30(19)26-16-15-25(18-28(26)37(32)33-21(3)13-14-22(4)35-33)39-34-27(23-7-5-8-23)17-24-9-6-10-29(38)31(24)36-34/h6,9-18,23,38H,5,7-8H2,1-4H3. The quantitative estimate of drug-likeness (QED) is 0.256. The summed E-state index contributed by atoms with van der Waals surface area (Å²) in [7, 11) is 0. The molecular formula is C34H31N3O2. The monoisotopic (exact) mass is 513 g/mol. The highest BCUT2D eigenvalue weighted by Gasteiger charge is 2.26. The fourth-order valence-electron chi connectivity index (χ4n) is 5.96. The van der Waals surface area contributed by atoms with Gasteiger partial charge in [-0.15, -0.1) is 0 Å². The summed E-state index contributed by atoms with van der Waals surface area (Å²) in [5, 5.41) is 13.9. The molecule has 1 N–H and O–H groups in total. The number of hydrogen-bond acceptors (Lipinski definition) is 4. The molecule has 0 saturated heterocycles. The molecule has 0 unspecified atom stereocenters. The lowest BCUT2D eigenvalue weighted by atomic mass is 9.80. The van der Waals surface area contributed by atoms with Crippen LogP contribution in [0.4, 0.5) is 0 Å². The Morgan fingerprint density at radius 2 is 1.64 bits per heavy atom. The van der Waals surface area contributed by atoms with E-state index in [-0.39, 0.29) is 5.75 Å². The minimum Gasteiger partial charge on any atom is -0.506 e. The number of aryl methyl sites for hydroxylation is 4. The SMILES string of the molecule is Cc1ccc(C)c(-n2c3cc(Oc4nc5c(O)cccc5cc4C4CCC4)ccc3c3c(C)ccc(C)c32)n1. The fraction of sp³-hybridized carbons (Fsp3) is 0.235. The maximum absolute atomic E-state index is 10.5. The molecule has 7 rings (SSSR count). The van der Waals surface area contributed by atoms with Gasteiger partial charge < -0.3 is 9.84 Å². The normalized spacial score (nSPS) is 13.8. The molecule has 0 spiro atoms. The zero-order valence-corrected chi connectivity index (χ0v) is 22.7. The highest BCUT2D eigenvalue weighted by atomic mass is 16.5. The van der Waals surface area contributed by atoms with E-state index in [0.29, 0.717) is 17.3 Å². The smallest absolute Gasteiger partial charge is 0.223 e. The van der Waals surface area contributed by atoms with E-state index in [1.807, 2.05) is 25.1 Å². The molecule has 0 radical (unpaired) electrons. The van der Waals surface area contributed by atoms with Crippen LogP contribution in [0.2, 0.25) is 0 Å². The summed E-state index contributed by atoms with van der Waals surface area (Å²) in [6.07, 6.45) is 3.48. The zero-order chi connectivity index (χ0) is 26.8. The number of hydrogen-bond donors (Lipinski definition) is 1. The lowest BCUT2D eigenvalue weighted by molar-refractivity contribution is 0.390. The molecule has 0 bridgehead atoms. The van der Waals surface area contributed by atoms with Crippen molar-refractivity contribution in [2.45, 2.75) is 52.9 Å². The van der Waals surface area contributed by atoms with Crippen molar-refractivity contribution in [1.29, 1.82) is 0 Å². The number of aromatic hydroxyl groups is 1. The van der Waals surface area contributed by atoms with Crippen LogP contribution >= 0.6 is 0 Å². The van der Waals surface area contributed by atoms with Crippen LogP contribution in [0.3, 0.4) is 0 Å². The second kappa shape index (κ2) is 8.84. The molecule has 0 aliphatic heterocycles. The van der Waals surface area contributed by atoms with Gasteiger partial charge in [0.2, 0.25) is 5.88 Å². The molecule has 5 heteroatoms. The minimum atomic E-state index is 0.167. The maximum atomic E-state index is 10.5. The van der Waals surface area contributed by atoms with Crippen LogP contribution in [0.25, 0.3) is 38.5 Å². The van der Waals surface area contributed by atoms with Gasteiger partial charge in [0.05, 0.1) is 11.0 Å². The van der Waals surface area contributed by atoms with E-state index in [9.17, 15) is 5.11 Å². The highest BCUT2D eigenvalue weighted by Crippen LogP contribution is 2.44. The van der Waals surface area contributed by atoms with Gasteiger partial charge >= 0.3 is 0 Å². The van der Waals surface area contributed by atoms with Crippen molar-refractivity contribution in [3.63, 3.8) is 0 Å². The van der Waals surface area contributed by atoms with Gasteiger partial charge in [-0.25, -0.2) is 9.97 Å². The fourth-order valence-corrected chi connectivity index (χ4v) is 5.96. The maximum Gasteiger partial charge on any atom is 0.223 e. The summed E-state index contributed by atoms with van der Waals surface area (Å²) in [6.45, 7) is 8.48. The van der Waals surface area contributed by atoms with Crippen LogP contribution in [0.5, 0.6) is 17.4 Å². The number of para-hydroxylation sites is 1. The molecule has 1 aliphatic rings. The molecule has 5 nitrogen and oxygen atoms in total. The molecule has 1 saturated carbocycles. The third kappa shape index (κ3) is 3.75. The highest BCUT2D eigenvalue weighted by molar-refractivity contribution is 6.12. The first-order chi connectivity index (χ1) is 18.9. The predicted molar refractivity (Wildman–Crippen MR) is 158 cm³/mol. The minimum absolute atomic E-state index is 0.167. The Bertz CT molecular complexity index is 1930. The van der Waals surface area contributed by atoms with E-state index in [1.54, 1.807) is 6.07 Å². The molecule has 6 aromatic rings. The Morgan fingerprint density at radius 3 is 2.44 bits per heavy atom. The van der Waals surface area contributed by atoms with Gasteiger partial charge in [0.25, 0.3) is 0 Å². The van der Waals surface area contributed by atoms with Gasteiger partial charge in [0.15, 0.2) is 0 Å². The van der Waals surface area contributed by atoms with Crippen LogP contribution in [-0.2, 0) is 0 Å². The van der Waals surface area contributed by atoms with Crippen LogP contribution in [0.15, 0.2) is 66.7 Å². The van der Waals surface area contributed by atoms with Gasteiger partial charge in [-0.2, -0.15) is 0 Å². The van der Waals surface area contributed by atoms with Crippen molar-refractivity contribution >= 4 is 32.7 Å². The molecule has 1 fully saturated rings. The Hall–Kier alpha value is -4.38. The topological polar surface area (TPSA) is 60.2 Å². The summed E-state index contributed by atoms with van der Waals surface area (Å²) < 4.78 is 8.87. The summed E-state index contributed by atoms with van der Waals surface area (Å²) >= 11 is 0. The lowest BCUT2D eigenvalue weighted by Crippen LogP contribution is -2.11. The van der Waals surface area contributed by atoms with Gasteiger partial charge in [-0.1, -0.05) is 36.8 Å². The Kier molecular flexibility index (Phi) is 5.37. The molecule has 3 aromatic heterocycles. The Balaban J connectivity index is 1.46. The molecule has 3 heterocycles. The van der Waals surface area contributed by atoms with Crippen molar-refractivity contribution in [2.24, 2.45) is 0 Å². The van der Waals surface area contributed by atoms with Gasteiger partial charge in [-0.05, 0) is 93.5 Å². The molecular weight excluding hydrogens is 482 g/mol. The number of ether oxygens (including phenoxy) is 1. The average Bonchev–Trinajstić information content (AvgIpc) is 3.23. The van der Waals surface area contributed by atoms with E-state index in [2.05, 4.69) is 67.8 Å². The molecule has 1 aliphatic carbocycles. The van der Waals surface area contributed by atoms with E-state index in [0.717, 1.165) is 52.1 Å². The first-order valence-corrected chi connectivity index (χ1v) is 13.7. The number of rotatable bonds is 4. The second-order valence-electron chi connectivity index (χ2n) is 11.0. The molecule has 194 valence electrons. The van der Waals surface area contributed by atoms with Crippen molar-refractivity contribution in [3.8, 4) is 23.2 Å². The molecule has 0 amide bonds. The third-order valence-electron chi connectivity index (χ3n) is 8.29. The molecule has 39 heavy (non-hydrogen) atoms. The van der Waals surface area contributed by atoms with E-state index in [1.165, 1.54) is 33.8 Å². The van der Waals surface area contributed by atoms with Crippen LogP contribution < -0.4 is 4.74 Å². The van der Waals surface area contributed by atoms with E-state index >= 15 is 0 Å².